The number of amides is 1. The van der Waals surface area contributed by atoms with Gasteiger partial charge in [-0.15, -0.1) is 10.2 Å². The highest BCUT2D eigenvalue weighted by atomic mass is 32.2. The van der Waals surface area contributed by atoms with Gasteiger partial charge in [0.2, 0.25) is 5.91 Å². The molecule has 1 aromatic heterocycles. The van der Waals surface area contributed by atoms with E-state index in [1.54, 1.807) is 18.9 Å². The van der Waals surface area contributed by atoms with Crippen LogP contribution in [0.25, 0.3) is 0 Å². The van der Waals surface area contributed by atoms with Gasteiger partial charge in [-0.05, 0) is 17.7 Å². The molecule has 0 unspecified atom stereocenters. The first-order valence-corrected chi connectivity index (χ1v) is 8.46. The number of aromatic nitrogens is 2. The molecule has 1 amide bonds. The average molecular weight is 327 g/mol. The first-order chi connectivity index (χ1) is 9.67. The molecule has 1 heterocycles. The van der Waals surface area contributed by atoms with Gasteiger partial charge in [-0.3, -0.25) is 4.79 Å². The Hall–Kier alpha value is -1.25. The van der Waals surface area contributed by atoms with Crippen molar-refractivity contribution < 1.29 is 9.53 Å². The summed E-state index contributed by atoms with van der Waals surface area (Å²) in [5, 5.41) is 8.09. The third kappa shape index (κ3) is 4.69. The molecule has 106 valence electrons. The van der Waals surface area contributed by atoms with Crippen LogP contribution in [0.15, 0.2) is 32.9 Å². The molecule has 0 fully saturated rings. The predicted molar refractivity (Wildman–Crippen MR) is 82.4 cm³/mol. The molecule has 0 saturated carbocycles. The zero-order valence-corrected chi connectivity index (χ0v) is 13.2. The van der Waals surface area contributed by atoms with Crippen LogP contribution in [0, 0.1) is 0 Å². The molecule has 8 heteroatoms. The quantitative estimate of drug-likeness (QED) is 0.787. The van der Waals surface area contributed by atoms with E-state index in [0.717, 1.165) is 20.2 Å². The number of nitrogens with two attached hydrogens (primary N) is 1. The van der Waals surface area contributed by atoms with Crippen LogP contribution in [0.3, 0.4) is 0 Å². The Balaban J connectivity index is 1.85. The number of thioether (sulfide) groups is 2. The topological polar surface area (TPSA) is 78.1 Å². The van der Waals surface area contributed by atoms with E-state index in [4.69, 9.17) is 10.5 Å². The van der Waals surface area contributed by atoms with E-state index in [9.17, 15) is 4.79 Å². The number of hydrogen-bond donors (Lipinski definition) is 1. The van der Waals surface area contributed by atoms with Crippen molar-refractivity contribution in [2.75, 3.05) is 12.9 Å². The molecule has 2 rings (SSSR count). The summed E-state index contributed by atoms with van der Waals surface area (Å²) in [6.45, 7) is 0. The minimum atomic E-state index is -0.349. The maximum Gasteiger partial charge on any atom is 0.227 e. The summed E-state index contributed by atoms with van der Waals surface area (Å²) >= 11 is 4.41. The van der Waals surface area contributed by atoms with Gasteiger partial charge in [0.1, 0.15) is 5.75 Å². The van der Waals surface area contributed by atoms with Crippen LogP contribution in [0.1, 0.15) is 5.56 Å². The van der Waals surface area contributed by atoms with Crippen LogP contribution < -0.4 is 10.5 Å². The molecule has 0 bridgehead atoms. The maximum absolute atomic E-state index is 10.7. The lowest BCUT2D eigenvalue weighted by Crippen LogP contribution is -2.12. The van der Waals surface area contributed by atoms with E-state index >= 15 is 0 Å². The molecule has 0 radical (unpaired) electrons. The number of primary amides is 1. The van der Waals surface area contributed by atoms with E-state index < -0.39 is 0 Å². The number of methoxy groups -OCH3 is 1. The normalized spacial score (nSPS) is 10.4. The monoisotopic (exact) mass is 327 g/mol. The lowest BCUT2D eigenvalue weighted by atomic mass is 10.2. The van der Waals surface area contributed by atoms with E-state index in [-0.39, 0.29) is 11.7 Å². The molecule has 0 atom stereocenters. The second kappa shape index (κ2) is 7.51. The van der Waals surface area contributed by atoms with Gasteiger partial charge in [0.25, 0.3) is 0 Å². The Morgan fingerprint density at radius 3 is 2.50 bits per heavy atom. The number of nitrogens with zero attached hydrogens (tertiary/aromatic N) is 2. The van der Waals surface area contributed by atoms with Crippen molar-refractivity contribution in [3.05, 3.63) is 29.8 Å². The van der Waals surface area contributed by atoms with Gasteiger partial charge >= 0.3 is 0 Å². The van der Waals surface area contributed by atoms with E-state index in [0.29, 0.717) is 0 Å². The van der Waals surface area contributed by atoms with Gasteiger partial charge in [-0.2, -0.15) is 0 Å². The summed E-state index contributed by atoms with van der Waals surface area (Å²) in [4.78, 5) is 10.7. The van der Waals surface area contributed by atoms with Crippen molar-refractivity contribution in [3.8, 4) is 5.75 Å². The van der Waals surface area contributed by atoms with Crippen molar-refractivity contribution in [3.63, 3.8) is 0 Å². The number of hydrogen-bond acceptors (Lipinski definition) is 7. The summed E-state index contributed by atoms with van der Waals surface area (Å²) in [5.41, 5.74) is 6.28. The third-order valence-electron chi connectivity index (χ3n) is 2.25. The molecule has 5 nitrogen and oxygen atoms in total. The van der Waals surface area contributed by atoms with E-state index in [2.05, 4.69) is 10.2 Å². The van der Waals surface area contributed by atoms with Crippen molar-refractivity contribution in [2.24, 2.45) is 5.73 Å². The highest BCUT2D eigenvalue weighted by Crippen LogP contribution is 2.30. The van der Waals surface area contributed by atoms with Gasteiger partial charge in [0.05, 0.1) is 12.9 Å². The predicted octanol–water partition coefficient (Wildman–Crippen LogP) is 2.42. The van der Waals surface area contributed by atoms with Crippen LogP contribution in [0.2, 0.25) is 0 Å². The molecule has 20 heavy (non-hydrogen) atoms. The third-order valence-corrected chi connectivity index (χ3v) is 5.53. The SMILES string of the molecule is COc1ccc(CSc2nnc(SCC(N)=O)s2)cc1. The minimum absolute atomic E-state index is 0.234. The Morgan fingerprint density at radius 2 is 1.90 bits per heavy atom. The highest BCUT2D eigenvalue weighted by molar-refractivity contribution is 8.03. The van der Waals surface area contributed by atoms with Crippen LogP contribution in [0.5, 0.6) is 5.75 Å². The van der Waals surface area contributed by atoms with Crippen LogP contribution in [0.4, 0.5) is 0 Å². The van der Waals surface area contributed by atoms with Crippen LogP contribution in [-0.4, -0.2) is 29.0 Å². The summed E-state index contributed by atoms with van der Waals surface area (Å²) in [6.07, 6.45) is 0. The van der Waals surface area contributed by atoms with Crippen molar-refractivity contribution in [2.45, 2.75) is 14.4 Å². The Labute approximate surface area is 129 Å². The number of benzene rings is 1. The van der Waals surface area contributed by atoms with Crippen molar-refractivity contribution in [1.82, 2.24) is 10.2 Å². The molecular formula is C12H13N3O2S3. The molecular weight excluding hydrogens is 314 g/mol. The second-order valence-corrected chi connectivity index (χ2v) is 7.15. The summed E-state index contributed by atoms with van der Waals surface area (Å²) < 4.78 is 6.76. The molecule has 1 aromatic carbocycles. The molecule has 0 saturated heterocycles. The standard InChI is InChI=1S/C12H13N3O2S3/c1-17-9-4-2-8(3-5-9)6-18-11-14-15-12(20-11)19-7-10(13)16/h2-5H,6-7H2,1H3,(H2,13,16). The lowest BCUT2D eigenvalue weighted by molar-refractivity contribution is -0.115. The molecule has 0 aliphatic rings. The van der Waals surface area contributed by atoms with Crippen molar-refractivity contribution in [1.29, 1.82) is 0 Å². The fourth-order valence-corrected chi connectivity index (χ4v) is 4.03. The van der Waals surface area contributed by atoms with Crippen molar-refractivity contribution >= 4 is 40.8 Å². The number of rotatable bonds is 7. The fourth-order valence-electron chi connectivity index (χ4n) is 1.31. The van der Waals surface area contributed by atoms with Gasteiger partial charge in [0, 0.05) is 5.75 Å². The maximum atomic E-state index is 10.7. The smallest absolute Gasteiger partial charge is 0.227 e. The van der Waals surface area contributed by atoms with Gasteiger partial charge in [-0.1, -0.05) is 47.0 Å². The molecule has 0 spiro atoms. The summed E-state index contributed by atoms with van der Waals surface area (Å²) in [7, 11) is 1.65. The Morgan fingerprint density at radius 1 is 1.25 bits per heavy atom. The highest BCUT2D eigenvalue weighted by Gasteiger charge is 2.07. The van der Waals surface area contributed by atoms with Crippen LogP contribution in [-0.2, 0) is 10.5 Å². The Kier molecular flexibility index (Phi) is 5.69. The zero-order chi connectivity index (χ0) is 14.4. The molecule has 2 N–H and O–H groups in total. The first kappa shape index (κ1) is 15.1. The number of carbonyl (C=O) groups excluding carboxylic acids is 1. The summed E-state index contributed by atoms with van der Waals surface area (Å²) in [5.74, 6) is 1.55. The summed E-state index contributed by atoms with van der Waals surface area (Å²) in [6, 6.07) is 7.92. The second-order valence-electron chi connectivity index (χ2n) is 3.73. The van der Waals surface area contributed by atoms with Gasteiger partial charge in [-0.25, -0.2) is 0 Å². The first-order valence-electron chi connectivity index (χ1n) is 5.67. The van der Waals surface area contributed by atoms with E-state index in [1.807, 2.05) is 24.3 Å². The number of ether oxygens (including phenoxy) is 1. The van der Waals surface area contributed by atoms with Gasteiger partial charge in [0.15, 0.2) is 8.68 Å². The molecule has 0 aliphatic heterocycles. The molecule has 0 aliphatic carbocycles. The average Bonchev–Trinajstić information content (AvgIpc) is 2.91. The largest absolute Gasteiger partial charge is 0.497 e. The van der Waals surface area contributed by atoms with Gasteiger partial charge < -0.3 is 10.5 Å². The van der Waals surface area contributed by atoms with Crippen LogP contribution >= 0.6 is 34.9 Å². The number of carbonyl (C=O) groups is 1. The fraction of sp³-hybridized carbons (Fsp3) is 0.250. The van der Waals surface area contributed by atoms with E-state index in [1.165, 1.54) is 28.7 Å². The zero-order valence-electron chi connectivity index (χ0n) is 10.7. The Bertz CT molecular complexity index is 572. The molecule has 2 aromatic rings. The minimum Gasteiger partial charge on any atom is -0.497 e. The lowest BCUT2D eigenvalue weighted by Gasteiger charge is -2.01.